The number of benzene rings is 2. The van der Waals surface area contributed by atoms with E-state index in [4.69, 9.17) is 16.3 Å². The minimum atomic E-state index is -3.68. The third-order valence-electron chi connectivity index (χ3n) is 4.69. The van der Waals surface area contributed by atoms with Gasteiger partial charge in [0.1, 0.15) is 12.3 Å². The number of rotatable bonds is 8. The molecule has 0 radical (unpaired) electrons. The highest BCUT2D eigenvalue weighted by Crippen LogP contribution is 2.27. The van der Waals surface area contributed by atoms with Gasteiger partial charge >= 0.3 is 0 Å². The molecule has 158 valence electrons. The van der Waals surface area contributed by atoms with Gasteiger partial charge in [-0.15, -0.1) is 0 Å². The zero-order chi connectivity index (χ0) is 21.8. The van der Waals surface area contributed by atoms with Crippen molar-refractivity contribution < 1.29 is 17.9 Å². The first-order valence-corrected chi connectivity index (χ1v) is 11.5. The summed E-state index contributed by atoms with van der Waals surface area (Å²) in [6, 6.07) is 10.4. The largest absolute Gasteiger partial charge is 0.496 e. The number of carbonyl (C=O) groups excluding carboxylic acids is 1. The van der Waals surface area contributed by atoms with Crippen LogP contribution in [0.2, 0.25) is 5.02 Å². The number of sulfonamides is 1. The first-order valence-electron chi connectivity index (χ1n) is 9.24. The van der Waals surface area contributed by atoms with E-state index < -0.39 is 15.9 Å². The Morgan fingerprint density at radius 2 is 1.86 bits per heavy atom. The van der Waals surface area contributed by atoms with Gasteiger partial charge in [-0.3, -0.25) is 9.10 Å². The van der Waals surface area contributed by atoms with Crippen molar-refractivity contribution in [1.82, 2.24) is 5.32 Å². The summed E-state index contributed by atoms with van der Waals surface area (Å²) in [6.45, 7) is 5.34. The predicted molar refractivity (Wildman–Crippen MR) is 117 cm³/mol. The molecule has 0 heterocycles. The van der Waals surface area contributed by atoms with Crippen LogP contribution < -0.4 is 14.4 Å². The molecule has 1 atom stereocenters. The lowest BCUT2D eigenvalue weighted by Gasteiger charge is -2.25. The summed E-state index contributed by atoms with van der Waals surface area (Å²) in [5, 5.41) is 3.34. The third-order valence-corrected chi connectivity index (χ3v) is 6.05. The average molecular weight is 439 g/mol. The van der Waals surface area contributed by atoms with Crippen molar-refractivity contribution in [3.63, 3.8) is 0 Å². The van der Waals surface area contributed by atoms with Crippen LogP contribution in [0.3, 0.4) is 0 Å². The Kier molecular flexibility index (Phi) is 7.54. The van der Waals surface area contributed by atoms with E-state index in [2.05, 4.69) is 5.32 Å². The molecule has 0 bridgehead atoms. The first-order chi connectivity index (χ1) is 13.6. The summed E-state index contributed by atoms with van der Waals surface area (Å²) >= 11 is 6.04. The highest BCUT2D eigenvalue weighted by atomic mass is 35.5. The molecule has 0 saturated heterocycles. The Morgan fingerprint density at radius 1 is 1.17 bits per heavy atom. The van der Waals surface area contributed by atoms with Gasteiger partial charge in [0.25, 0.3) is 0 Å². The van der Waals surface area contributed by atoms with Crippen LogP contribution in [-0.2, 0) is 14.8 Å². The summed E-state index contributed by atoms with van der Waals surface area (Å²) < 4.78 is 31.1. The molecule has 0 aromatic heterocycles. The maximum Gasteiger partial charge on any atom is 0.241 e. The second-order valence-electron chi connectivity index (χ2n) is 6.96. The Morgan fingerprint density at radius 3 is 2.41 bits per heavy atom. The van der Waals surface area contributed by atoms with Crippen LogP contribution in [0.15, 0.2) is 36.4 Å². The van der Waals surface area contributed by atoms with E-state index in [0.29, 0.717) is 22.7 Å². The SMILES string of the molecule is CCC(NC(=O)CN(c1cc(Cl)ccc1C)S(C)(=O)=O)c1ccc(OC)c(C)c1. The molecule has 0 spiro atoms. The fraction of sp³-hybridized carbons (Fsp3) is 0.381. The second kappa shape index (κ2) is 9.50. The van der Waals surface area contributed by atoms with Crippen LogP contribution in [0, 0.1) is 13.8 Å². The maximum atomic E-state index is 12.7. The molecule has 0 fully saturated rings. The summed E-state index contributed by atoms with van der Waals surface area (Å²) in [4.78, 5) is 12.7. The van der Waals surface area contributed by atoms with Gasteiger partial charge in [0.15, 0.2) is 0 Å². The van der Waals surface area contributed by atoms with Gasteiger partial charge in [-0.05, 0) is 55.2 Å². The van der Waals surface area contributed by atoms with Crippen LogP contribution in [0.5, 0.6) is 5.75 Å². The number of halogens is 1. The van der Waals surface area contributed by atoms with Gasteiger partial charge in [0.2, 0.25) is 15.9 Å². The monoisotopic (exact) mass is 438 g/mol. The summed E-state index contributed by atoms with van der Waals surface area (Å²) in [5.74, 6) is 0.379. The van der Waals surface area contributed by atoms with E-state index in [-0.39, 0.29) is 12.6 Å². The van der Waals surface area contributed by atoms with E-state index in [1.165, 1.54) is 0 Å². The van der Waals surface area contributed by atoms with Gasteiger partial charge in [-0.25, -0.2) is 8.42 Å². The quantitative estimate of drug-likeness (QED) is 0.675. The van der Waals surface area contributed by atoms with Crippen LogP contribution in [0.1, 0.15) is 36.1 Å². The molecule has 2 rings (SSSR count). The Balaban J connectivity index is 2.25. The topological polar surface area (TPSA) is 75.7 Å². The molecule has 1 N–H and O–H groups in total. The van der Waals surface area contributed by atoms with Crippen molar-refractivity contribution in [2.75, 3.05) is 24.2 Å². The minimum absolute atomic E-state index is 0.242. The molecular weight excluding hydrogens is 412 g/mol. The van der Waals surface area contributed by atoms with Crippen LogP contribution in [0.4, 0.5) is 5.69 Å². The second-order valence-corrected chi connectivity index (χ2v) is 9.30. The van der Waals surface area contributed by atoms with Crippen molar-refractivity contribution in [1.29, 1.82) is 0 Å². The number of anilines is 1. The van der Waals surface area contributed by atoms with Gasteiger partial charge in [0, 0.05) is 5.02 Å². The van der Waals surface area contributed by atoms with Gasteiger partial charge in [0.05, 0.1) is 25.1 Å². The van der Waals surface area contributed by atoms with E-state index >= 15 is 0 Å². The lowest BCUT2D eigenvalue weighted by Crippen LogP contribution is -2.41. The molecule has 0 aliphatic rings. The number of aryl methyl sites for hydroxylation is 2. The van der Waals surface area contributed by atoms with E-state index in [0.717, 1.165) is 27.4 Å². The lowest BCUT2D eigenvalue weighted by atomic mass is 10.0. The number of amides is 1. The molecule has 2 aromatic rings. The first kappa shape index (κ1) is 23.0. The van der Waals surface area contributed by atoms with E-state index in [1.54, 1.807) is 32.2 Å². The van der Waals surface area contributed by atoms with Crippen molar-refractivity contribution in [2.24, 2.45) is 0 Å². The van der Waals surface area contributed by atoms with Crippen molar-refractivity contribution in [3.8, 4) is 5.75 Å². The lowest BCUT2D eigenvalue weighted by molar-refractivity contribution is -0.120. The molecule has 1 amide bonds. The maximum absolute atomic E-state index is 12.7. The number of hydrogen-bond donors (Lipinski definition) is 1. The van der Waals surface area contributed by atoms with Crippen molar-refractivity contribution in [3.05, 3.63) is 58.1 Å². The minimum Gasteiger partial charge on any atom is -0.496 e. The average Bonchev–Trinajstić information content (AvgIpc) is 2.65. The molecule has 0 saturated carbocycles. The Hall–Kier alpha value is -2.25. The summed E-state index contributed by atoms with van der Waals surface area (Å²) in [7, 11) is -2.07. The summed E-state index contributed by atoms with van der Waals surface area (Å²) in [5.41, 5.74) is 3.00. The number of nitrogens with zero attached hydrogens (tertiary/aromatic N) is 1. The third kappa shape index (κ3) is 5.87. The Labute approximate surface area is 177 Å². The van der Waals surface area contributed by atoms with Crippen LogP contribution in [-0.4, -0.2) is 34.2 Å². The standard InChI is InChI=1S/C21H27ClN2O4S/c1-6-18(16-8-10-20(28-4)15(3)11-16)23-21(25)13-24(29(5,26)27)19-12-17(22)9-7-14(19)2/h7-12,18H,6,13H2,1-5H3,(H,23,25). The van der Waals surface area contributed by atoms with E-state index in [9.17, 15) is 13.2 Å². The van der Waals surface area contributed by atoms with Crippen LogP contribution in [0.25, 0.3) is 0 Å². The number of nitrogens with one attached hydrogen (secondary N) is 1. The smallest absolute Gasteiger partial charge is 0.241 e. The molecule has 8 heteroatoms. The number of methoxy groups -OCH3 is 1. The highest BCUT2D eigenvalue weighted by molar-refractivity contribution is 7.92. The molecule has 1 unspecified atom stereocenters. The molecular formula is C21H27ClN2O4S. The van der Waals surface area contributed by atoms with Gasteiger partial charge in [-0.2, -0.15) is 0 Å². The number of hydrogen-bond acceptors (Lipinski definition) is 4. The molecule has 2 aromatic carbocycles. The van der Waals surface area contributed by atoms with Crippen LogP contribution >= 0.6 is 11.6 Å². The van der Waals surface area contributed by atoms with E-state index in [1.807, 2.05) is 32.0 Å². The van der Waals surface area contributed by atoms with Crippen molar-refractivity contribution in [2.45, 2.75) is 33.2 Å². The normalized spacial score (nSPS) is 12.3. The number of carbonyl (C=O) groups is 1. The zero-order valence-electron chi connectivity index (χ0n) is 17.3. The Bertz CT molecular complexity index is 992. The fourth-order valence-electron chi connectivity index (χ4n) is 3.14. The molecule has 6 nitrogen and oxygen atoms in total. The predicted octanol–water partition coefficient (Wildman–Crippen LogP) is 4.00. The molecule has 0 aliphatic heterocycles. The number of ether oxygens (including phenoxy) is 1. The summed E-state index contributed by atoms with van der Waals surface area (Å²) in [6.07, 6.45) is 1.73. The molecule has 0 aliphatic carbocycles. The highest BCUT2D eigenvalue weighted by Gasteiger charge is 2.24. The van der Waals surface area contributed by atoms with Crippen molar-refractivity contribution >= 4 is 33.2 Å². The van der Waals surface area contributed by atoms with Gasteiger partial charge < -0.3 is 10.1 Å². The molecule has 29 heavy (non-hydrogen) atoms. The fourth-order valence-corrected chi connectivity index (χ4v) is 4.21. The van der Waals surface area contributed by atoms with Gasteiger partial charge in [-0.1, -0.05) is 36.7 Å². The zero-order valence-corrected chi connectivity index (χ0v) is 18.9.